The summed E-state index contributed by atoms with van der Waals surface area (Å²) in [6.07, 6.45) is -4.74. The van der Waals surface area contributed by atoms with E-state index in [0.717, 1.165) is 0 Å². The summed E-state index contributed by atoms with van der Waals surface area (Å²) in [6.45, 7) is 2.99. The van der Waals surface area contributed by atoms with Gasteiger partial charge in [-0.25, -0.2) is 4.79 Å². The maximum atomic E-state index is 12.3. The normalized spacial score (nSPS) is 29.3. The Morgan fingerprint density at radius 1 is 1.40 bits per heavy atom. The minimum Gasteiger partial charge on any atom is -0.434 e. The number of alkyl halides is 3. The van der Waals surface area contributed by atoms with E-state index in [9.17, 15) is 22.8 Å². The Bertz CT molecular complexity index is 405. The van der Waals surface area contributed by atoms with Crippen LogP contribution in [0.3, 0.4) is 0 Å². The molecule has 114 valence electrons. The van der Waals surface area contributed by atoms with Crippen molar-refractivity contribution < 1.29 is 27.5 Å². The fraction of sp³-hybridized carbons (Fsp3) is 0.833. The Balaban J connectivity index is 2.22. The second-order valence-corrected chi connectivity index (χ2v) is 5.24. The largest absolute Gasteiger partial charge is 0.491 e. The SMILES string of the molecule is CCC1C(=O)NC(OC(=O)C(F)(F)F)C12CCNCC2. The monoisotopic (exact) mass is 294 g/mol. The first kappa shape index (κ1) is 15.1. The molecule has 0 radical (unpaired) electrons. The summed E-state index contributed by atoms with van der Waals surface area (Å²) >= 11 is 0. The van der Waals surface area contributed by atoms with Gasteiger partial charge in [0.2, 0.25) is 5.91 Å². The number of amides is 1. The third-order valence-corrected chi connectivity index (χ3v) is 4.21. The van der Waals surface area contributed by atoms with Crippen LogP contribution < -0.4 is 10.6 Å². The van der Waals surface area contributed by atoms with Crippen LogP contribution in [-0.4, -0.2) is 37.4 Å². The van der Waals surface area contributed by atoms with E-state index < -0.39 is 29.7 Å². The Morgan fingerprint density at radius 2 is 2.00 bits per heavy atom. The lowest BCUT2D eigenvalue weighted by Crippen LogP contribution is -2.50. The highest BCUT2D eigenvalue weighted by Crippen LogP contribution is 2.47. The van der Waals surface area contributed by atoms with Gasteiger partial charge in [0.05, 0.1) is 0 Å². The van der Waals surface area contributed by atoms with Crippen LogP contribution in [0, 0.1) is 11.3 Å². The summed E-state index contributed by atoms with van der Waals surface area (Å²) in [5.74, 6) is -3.01. The maximum Gasteiger partial charge on any atom is 0.491 e. The van der Waals surface area contributed by atoms with E-state index in [1.807, 2.05) is 6.92 Å². The second kappa shape index (κ2) is 5.23. The molecular formula is C12H17F3N2O3. The van der Waals surface area contributed by atoms with E-state index in [2.05, 4.69) is 15.4 Å². The summed E-state index contributed by atoms with van der Waals surface area (Å²) in [5, 5.41) is 5.51. The molecule has 8 heteroatoms. The number of hydrogen-bond acceptors (Lipinski definition) is 4. The van der Waals surface area contributed by atoms with Crippen molar-refractivity contribution >= 4 is 11.9 Å². The molecule has 20 heavy (non-hydrogen) atoms. The fourth-order valence-electron chi connectivity index (χ4n) is 3.23. The van der Waals surface area contributed by atoms with E-state index in [1.54, 1.807) is 0 Å². The molecule has 0 aromatic carbocycles. The molecule has 2 unspecified atom stereocenters. The van der Waals surface area contributed by atoms with Crippen LogP contribution in [0.2, 0.25) is 0 Å². The first-order valence-corrected chi connectivity index (χ1v) is 6.60. The van der Waals surface area contributed by atoms with Crippen LogP contribution in [0.1, 0.15) is 26.2 Å². The predicted molar refractivity (Wildman–Crippen MR) is 62.4 cm³/mol. The highest BCUT2D eigenvalue weighted by atomic mass is 19.4. The van der Waals surface area contributed by atoms with E-state index in [0.29, 0.717) is 32.4 Å². The number of piperidine rings is 1. The number of carbonyl (C=O) groups is 2. The van der Waals surface area contributed by atoms with Gasteiger partial charge in [-0.3, -0.25) is 4.79 Å². The first-order valence-electron chi connectivity index (χ1n) is 6.60. The van der Waals surface area contributed by atoms with Gasteiger partial charge in [-0.2, -0.15) is 13.2 Å². The molecular weight excluding hydrogens is 277 g/mol. The van der Waals surface area contributed by atoms with Gasteiger partial charge in [-0.05, 0) is 32.4 Å². The van der Waals surface area contributed by atoms with Crippen LogP contribution in [0.15, 0.2) is 0 Å². The van der Waals surface area contributed by atoms with Gasteiger partial charge >= 0.3 is 12.1 Å². The van der Waals surface area contributed by atoms with Crippen molar-refractivity contribution in [2.24, 2.45) is 11.3 Å². The molecule has 0 saturated carbocycles. The van der Waals surface area contributed by atoms with Gasteiger partial charge in [-0.1, -0.05) is 6.92 Å². The lowest BCUT2D eigenvalue weighted by Gasteiger charge is -2.40. The predicted octanol–water partition coefficient (Wildman–Crippen LogP) is 0.944. The Morgan fingerprint density at radius 3 is 2.50 bits per heavy atom. The average Bonchev–Trinajstić information content (AvgIpc) is 2.61. The van der Waals surface area contributed by atoms with Crippen LogP contribution in [0.5, 0.6) is 0 Å². The third kappa shape index (κ3) is 2.48. The topological polar surface area (TPSA) is 67.4 Å². The third-order valence-electron chi connectivity index (χ3n) is 4.21. The van der Waals surface area contributed by atoms with Gasteiger partial charge in [-0.15, -0.1) is 0 Å². The Kier molecular flexibility index (Phi) is 3.95. The van der Waals surface area contributed by atoms with Crippen molar-refractivity contribution in [3.8, 4) is 0 Å². The van der Waals surface area contributed by atoms with E-state index in [-0.39, 0.29) is 5.91 Å². The first-order chi connectivity index (χ1) is 9.31. The number of ether oxygens (including phenoxy) is 1. The molecule has 2 aliphatic heterocycles. The zero-order valence-corrected chi connectivity index (χ0v) is 11.0. The van der Waals surface area contributed by atoms with E-state index >= 15 is 0 Å². The van der Waals surface area contributed by atoms with Crippen LogP contribution in [-0.2, 0) is 14.3 Å². The summed E-state index contributed by atoms with van der Waals surface area (Å²) in [7, 11) is 0. The molecule has 1 spiro atoms. The van der Waals surface area contributed by atoms with Gasteiger partial charge in [0.25, 0.3) is 0 Å². The van der Waals surface area contributed by atoms with Crippen molar-refractivity contribution in [1.29, 1.82) is 0 Å². The van der Waals surface area contributed by atoms with Crippen molar-refractivity contribution in [3.05, 3.63) is 0 Å². The molecule has 2 atom stereocenters. The standard InChI is InChI=1S/C12H17F3N2O3/c1-2-7-8(18)17-9(20-10(19)12(13,14)15)11(7)3-5-16-6-4-11/h7,9,16H,2-6H2,1H3,(H,17,18). The quantitative estimate of drug-likeness (QED) is 0.744. The van der Waals surface area contributed by atoms with E-state index in [4.69, 9.17) is 0 Å². The van der Waals surface area contributed by atoms with Crippen molar-refractivity contribution in [1.82, 2.24) is 10.6 Å². The number of halogens is 3. The minimum absolute atomic E-state index is 0.339. The lowest BCUT2D eigenvalue weighted by molar-refractivity contribution is -0.212. The molecule has 2 N–H and O–H groups in total. The Hall–Kier alpha value is -1.31. The summed E-state index contributed by atoms with van der Waals surface area (Å²) in [5.41, 5.74) is -0.738. The van der Waals surface area contributed by atoms with Gasteiger partial charge < -0.3 is 15.4 Å². The minimum atomic E-state index is -5.05. The summed E-state index contributed by atoms with van der Waals surface area (Å²) < 4.78 is 41.6. The smallest absolute Gasteiger partial charge is 0.434 e. The number of esters is 1. The van der Waals surface area contributed by atoms with Crippen LogP contribution >= 0.6 is 0 Å². The van der Waals surface area contributed by atoms with Crippen molar-refractivity contribution in [3.63, 3.8) is 0 Å². The molecule has 2 aliphatic rings. The summed E-state index contributed by atoms with van der Waals surface area (Å²) in [4.78, 5) is 23.0. The molecule has 0 aromatic rings. The van der Waals surface area contributed by atoms with Crippen LogP contribution in [0.4, 0.5) is 13.2 Å². The highest BCUT2D eigenvalue weighted by molar-refractivity contribution is 5.83. The molecule has 5 nitrogen and oxygen atoms in total. The van der Waals surface area contributed by atoms with Crippen molar-refractivity contribution in [2.75, 3.05) is 13.1 Å². The Labute approximate surface area is 114 Å². The molecule has 0 aliphatic carbocycles. The number of carbonyl (C=O) groups excluding carboxylic acids is 2. The zero-order valence-electron chi connectivity index (χ0n) is 11.0. The van der Waals surface area contributed by atoms with Gasteiger partial charge in [0.15, 0.2) is 6.23 Å². The summed E-state index contributed by atoms with van der Waals surface area (Å²) in [6, 6.07) is 0. The van der Waals surface area contributed by atoms with Crippen molar-refractivity contribution in [2.45, 2.75) is 38.6 Å². The molecule has 1 amide bonds. The van der Waals surface area contributed by atoms with Gasteiger partial charge in [0, 0.05) is 11.3 Å². The van der Waals surface area contributed by atoms with E-state index in [1.165, 1.54) is 0 Å². The number of nitrogens with one attached hydrogen (secondary N) is 2. The molecule has 0 aromatic heterocycles. The molecule has 0 bridgehead atoms. The zero-order chi connectivity index (χ0) is 15.0. The fourth-order valence-corrected chi connectivity index (χ4v) is 3.23. The van der Waals surface area contributed by atoms with Gasteiger partial charge in [0.1, 0.15) is 0 Å². The van der Waals surface area contributed by atoms with Crippen LogP contribution in [0.25, 0.3) is 0 Å². The molecule has 2 rings (SSSR count). The second-order valence-electron chi connectivity index (χ2n) is 5.24. The number of hydrogen-bond donors (Lipinski definition) is 2. The average molecular weight is 294 g/mol. The lowest BCUT2D eigenvalue weighted by atomic mass is 9.69. The number of rotatable bonds is 2. The molecule has 2 saturated heterocycles. The maximum absolute atomic E-state index is 12.3. The molecule has 2 heterocycles. The highest BCUT2D eigenvalue weighted by Gasteiger charge is 2.57. The molecule has 2 fully saturated rings.